The fraction of sp³-hybridized carbons (Fsp3) is 0.667. The van der Waals surface area contributed by atoms with E-state index in [-0.39, 0.29) is 0 Å². The summed E-state index contributed by atoms with van der Waals surface area (Å²) in [5, 5.41) is 0. The zero-order chi connectivity index (χ0) is 4.12. The Morgan fingerprint density at radius 1 is 2.00 bits per heavy atom. The molecule has 0 amide bonds. The average molecular weight is 72.1 g/mol. The van der Waals surface area contributed by atoms with Crippen molar-refractivity contribution in [2.24, 2.45) is 10.7 Å². The Balaban J connectivity index is 2.62. The van der Waals surface area contributed by atoms with Crippen LogP contribution in [0.15, 0.2) is 4.99 Å². The molecule has 0 atom stereocenters. The summed E-state index contributed by atoms with van der Waals surface area (Å²) in [6.07, 6.45) is 1.68. The second kappa shape index (κ2) is 3.63. The van der Waals surface area contributed by atoms with E-state index in [9.17, 15) is 0 Å². The molecule has 0 aromatic rings. The molecular formula is C3H8N2. The van der Waals surface area contributed by atoms with E-state index in [4.69, 9.17) is 5.73 Å². The van der Waals surface area contributed by atoms with Crippen LogP contribution in [0.5, 0.6) is 0 Å². The second-order valence-corrected chi connectivity index (χ2v) is 0.623. The third kappa shape index (κ3) is 3.63. The highest BCUT2D eigenvalue weighted by Gasteiger charge is 1.49. The van der Waals surface area contributed by atoms with Crippen molar-refractivity contribution < 1.29 is 0 Å². The van der Waals surface area contributed by atoms with Crippen LogP contribution in [0.25, 0.3) is 0 Å². The van der Waals surface area contributed by atoms with Gasteiger partial charge in [-0.3, -0.25) is 4.99 Å². The number of nitrogens with zero attached hydrogens (tertiary/aromatic N) is 1. The van der Waals surface area contributed by atoms with Crippen molar-refractivity contribution >= 4 is 6.21 Å². The summed E-state index contributed by atoms with van der Waals surface area (Å²) in [5.41, 5.74) is 4.94. The maximum Gasteiger partial charge on any atom is 0.0855 e. The van der Waals surface area contributed by atoms with Gasteiger partial charge in [-0.2, -0.15) is 0 Å². The Morgan fingerprint density at radius 3 is 2.60 bits per heavy atom. The quantitative estimate of drug-likeness (QED) is 0.435. The van der Waals surface area contributed by atoms with E-state index in [2.05, 4.69) is 4.99 Å². The molecule has 0 aliphatic heterocycles. The predicted octanol–water partition coefficient (Wildman–Crippen LogP) is -0.00670. The van der Waals surface area contributed by atoms with Crippen molar-refractivity contribution in [3.8, 4) is 0 Å². The lowest BCUT2D eigenvalue weighted by Crippen LogP contribution is -1.92. The lowest BCUT2D eigenvalue weighted by atomic mass is 10.9. The number of hydrogen-bond acceptors (Lipinski definition) is 2. The highest BCUT2D eigenvalue weighted by atomic mass is 14.8. The van der Waals surface area contributed by atoms with Gasteiger partial charge in [0.15, 0.2) is 0 Å². The molecule has 0 fully saturated rings. The monoisotopic (exact) mass is 72.1 g/mol. The van der Waals surface area contributed by atoms with Crippen LogP contribution in [-0.4, -0.2) is 12.9 Å². The Labute approximate surface area is 31.7 Å². The summed E-state index contributed by atoms with van der Waals surface area (Å²) in [7, 11) is 0. The van der Waals surface area contributed by atoms with Crippen LogP contribution in [0, 0.1) is 0 Å². The maximum absolute atomic E-state index is 4.94. The first-order valence-corrected chi connectivity index (χ1v) is 1.56. The van der Waals surface area contributed by atoms with Gasteiger partial charge in [0, 0.05) is 0 Å². The fourth-order valence-corrected chi connectivity index (χ4v) is 0.105. The van der Waals surface area contributed by atoms with Crippen LogP contribution in [0.1, 0.15) is 6.92 Å². The summed E-state index contributed by atoms with van der Waals surface area (Å²) < 4.78 is 0. The molecular weight excluding hydrogens is 64.0 g/mol. The minimum atomic E-state index is 0.413. The van der Waals surface area contributed by atoms with Crippen molar-refractivity contribution in [1.29, 1.82) is 0 Å². The topological polar surface area (TPSA) is 38.4 Å². The number of aliphatic imine (C=N–C) groups is 1. The van der Waals surface area contributed by atoms with E-state index in [0.717, 1.165) is 0 Å². The first kappa shape index (κ1) is 4.63. The summed E-state index contributed by atoms with van der Waals surface area (Å²) in [5.74, 6) is 0. The minimum absolute atomic E-state index is 0.413. The normalized spacial score (nSPS) is 10.0. The Hall–Kier alpha value is -0.370. The van der Waals surface area contributed by atoms with Gasteiger partial charge >= 0.3 is 0 Å². The highest BCUT2D eigenvalue weighted by molar-refractivity contribution is 5.52. The van der Waals surface area contributed by atoms with Gasteiger partial charge in [-0.15, -0.1) is 0 Å². The van der Waals surface area contributed by atoms with Gasteiger partial charge in [0.25, 0.3) is 0 Å². The molecule has 2 nitrogen and oxygen atoms in total. The van der Waals surface area contributed by atoms with Gasteiger partial charge in [0.2, 0.25) is 0 Å². The van der Waals surface area contributed by atoms with Gasteiger partial charge in [0.1, 0.15) is 0 Å². The number of rotatable bonds is 1. The first-order valence-electron chi connectivity index (χ1n) is 1.56. The fourth-order valence-electron chi connectivity index (χ4n) is 0.105. The average Bonchev–Trinajstić information content (AvgIpc) is 1.41. The molecule has 0 spiro atoms. The van der Waals surface area contributed by atoms with Crippen molar-refractivity contribution in [2.45, 2.75) is 6.92 Å². The molecule has 0 aromatic carbocycles. The summed E-state index contributed by atoms with van der Waals surface area (Å²) in [6, 6.07) is 0. The zero-order valence-corrected chi connectivity index (χ0v) is 3.31. The van der Waals surface area contributed by atoms with E-state index in [1.807, 2.05) is 6.92 Å². The van der Waals surface area contributed by atoms with Crippen LogP contribution < -0.4 is 5.73 Å². The van der Waals surface area contributed by atoms with Gasteiger partial charge in [-0.05, 0) is 13.1 Å². The molecule has 0 aliphatic carbocycles. The second-order valence-electron chi connectivity index (χ2n) is 0.623. The van der Waals surface area contributed by atoms with Crippen LogP contribution in [-0.2, 0) is 0 Å². The molecule has 5 heavy (non-hydrogen) atoms. The van der Waals surface area contributed by atoms with Crippen LogP contribution in [0.2, 0.25) is 0 Å². The molecule has 30 valence electrons. The molecule has 0 aliphatic rings. The zero-order valence-electron chi connectivity index (χ0n) is 3.31. The van der Waals surface area contributed by atoms with Crippen LogP contribution in [0.4, 0.5) is 0 Å². The molecule has 0 aromatic heterocycles. The standard InChI is InChI=1S/C3H8N2/c1-2-5-3-4/h2H,3-4H2,1H3. The molecule has 0 heterocycles. The first-order chi connectivity index (χ1) is 2.41. The van der Waals surface area contributed by atoms with Crippen LogP contribution in [0.3, 0.4) is 0 Å². The van der Waals surface area contributed by atoms with Gasteiger partial charge in [-0.1, -0.05) is 0 Å². The molecule has 2 heteroatoms. The number of hydrogen-bond donors (Lipinski definition) is 1. The predicted molar refractivity (Wildman–Crippen MR) is 23.2 cm³/mol. The van der Waals surface area contributed by atoms with Crippen LogP contribution >= 0.6 is 0 Å². The Bertz CT molecular complexity index is 31.9. The third-order valence-electron chi connectivity index (χ3n) is 0.288. The van der Waals surface area contributed by atoms with E-state index in [0.29, 0.717) is 6.67 Å². The molecule has 0 bridgehead atoms. The van der Waals surface area contributed by atoms with Gasteiger partial charge in [0.05, 0.1) is 6.67 Å². The Kier molecular flexibility index (Phi) is 3.36. The van der Waals surface area contributed by atoms with Crippen molar-refractivity contribution in [2.75, 3.05) is 6.67 Å². The van der Waals surface area contributed by atoms with E-state index < -0.39 is 0 Å². The highest BCUT2D eigenvalue weighted by Crippen LogP contribution is 1.47. The molecule has 0 saturated carbocycles. The molecule has 0 radical (unpaired) electrons. The summed E-state index contributed by atoms with van der Waals surface area (Å²) in [6.45, 7) is 2.25. The van der Waals surface area contributed by atoms with Crippen molar-refractivity contribution in [1.82, 2.24) is 0 Å². The van der Waals surface area contributed by atoms with Crippen molar-refractivity contribution in [3.63, 3.8) is 0 Å². The Morgan fingerprint density at radius 2 is 2.60 bits per heavy atom. The SMILES string of the molecule is CC=NCN. The van der Waals surface area contributed by atoms with E-state index >= 15 is 0 Å². The third-order valence-corrected chi connectivity index (χ3v) is 0.288. The van der Waals surface area contributed by atoms with Gasteiger partial charge in [-0.25, -0.2) is 0 Å². The smallest absolute Gasteiger partial charge is 0.0855 e. The molecule has 0 rings (SSSR count). The molecule has 2 N–H and O–H groups in total. The lowest BCUT2D eigenvalue weighted by molar-refractivity contribution is 1.08. The minimum Gasteiger partial charge on any atom is -0.312 e. The summed E-state index contributed by atoms with van der Waals surface area (Å²) >= 11 is 0. The largest absolute Gasteiger partial charge is 0.312 e. The van der Waals surface area contributed by atoms with Crippen molar-refractivity contribution in [3.05, 3.63) is 0 Å². The summed E-state index contributed by atoms with van der Waals surface area (Å²) in [4.78, 5) is 3.62. The lowest BCUT2D eigenvalue weighted by Gasteiger charge is -1.69. The number of nitrogens with two attached hydrogens (primary N) is 1. The van der Waals surface area contributed by atoms with E-state index in [1.165, 1.54) is 0 Å². The molecule has 0 saturated heterocycles. The van der Waals surface area contributed by atoms with Gasteiger partial charge < -0.3 is 5.73 Å². The van der Waals surface area contributed by atoms with E-state index in [1.54, 1.807) is 6.21 Å². The molecule has 0 unspecified atom stereocenters. The maximum atomic E-state index is 4.94.